The first kappa shape index (κ1) is 21.9. The Bertz CT molecular complexity index is 1040. The first-order chi connectivity index (χ1) is 14.5. The van der Waals surface area contributed by atoms with Crippen LogP contribution in [0.15, 0.2) is 71.2 Å². The fourth-order valence-electron chi connectivity index (χ4n) is 2.66. The average Bonchev–Trinajstić information content (AvgIpc) is 2.76. The largest absolute Gasteiger partial charge is 0.491 e. The van der Waals surface area contributed by atoms with Gasteiger partial charge < -0.3 is 14.2 Å². The van der Waals surface area contributed by atoms with Gasteiger partial charge in [-0.3, -0.25) is 4.79 Å². The quantitative estimate of drug-likeness (QED) is 0.299. The highest BCUT2D eigenvalue weighted by molar-refractivity contribution is 9.10. The molecule has 3 aromatic rings. The summed E-state index contributed by atoms with van der Waals surface area (Å²) in [6.07, 6.45) is 0. The second-order valence-electron chi connectivity index (χ2n) is 6.27. The Balaban J connectivity index is 1.71. The smallest absolute Gasteiger partial charge is 0.338 e. The van der Waals surface area contributed by atoms with Crippen molar-refractivity contribution in [2.24, 2.45) is 0 Å². The number of esters is 1. The minimum absolute atomic E-state index is 0.160. The normalized spacial score (nSPS) is 10.4. The molecule has 154 valence electrons. The summed E-state index contributed by atoms with van der Waals surface area (Å²) >= 11 is 9.56. The summed E-state index contributed by atoms with van der Waals surface area (Å²) in [5, 5.41) is 0.203. The molecular weight excluding hydrogens is 472 g/mol. The van der Waals surface area contributed by atoms with Crippen molar-refractivity contribution >= 4 is 39.3 Å². The van der Waals surface area contributed by atoms with Gasteiger partial charge in [0.25, 0.3) is 0 Å². The Morgan fingerprint density at radius 2 is 1.67 bits per heavy atom. The minimum Gasteiger partial charge on any atom is -0.491 e. The molecule has 0 saturated carbocycles. The van der Waals surface area contributed by atoms with Crippen LogP contribution < -0.4 is 9.47 Å². The van der Waals surface area contributed by atoms with Crippen LogP contribution in [0.4, 0.5) is 0 Å². The van der Waals surface area contributed by atoms with Gasteiger partial charge in [-0.05, 0) is 29.8 Å². The van der Waals surface area contributed by atoms with E-state index in [1.54, 1.807) is 24.3 Å². The number of Topliss-reactive ketones (excluding diaryl/α,β-unsaturated/α-hetero) is 1. The van der Waals surface area contributed by atoms with E-state index in [-0.39, 0.29) is 29.6 Å². The van der Waals surface area contributed by atoms with Crippen molar-refractivity contribution in [3.05, 3.63) is 92.9 Å². The lowest BCUT2D eigenvalue weighted by Gasteiger charge is -2.14. The first-order valence-electron chi connectivity index (χ1n) is 8.98. The number of rotatable bonds is 8. The van der Waals surface area contributed by atoms with Crippen LogP contribution in [0.3, 0.4) is 0 Å². The maximum absolute atomic E-state index is 12.5. The Labute approximate surface area is 187 Å². The van der Waals surface area contributed by atoms with Gasteiger partial charge in [0.05, 0.1) is 17.7 Å². The second-order valence-corrected chi connectivity index (χ2v) is 7.59. The second kappa shape index (κ2) is 10.3. The molecule has 0 aliphatic carbocycles. The van der Waals surface area contributed by atoms with Gasteiger partial charge in [0, 0.05) is 10.0 Å². The Kier molecular flexibility index (Phi) is 7.49. The summed E-state index contributed by atoms with van der Waals surface area (Å²) in [5.41, 5.74) is 1.56. The number of benzene rings is 3. The molecule has 3 aromatic carbocycles. The van der Waals surface area contributed by atoms with Crippen molar-refractivity contribution in [2.75, 3.05) is 13.7 Å². The number of ether oxygens (including phenoxy) is 3. The Hall–Kier alpha value is -2.83. The highest BCUT2D eigenvalue weighted by atomic mass is 79.9. The molecule has 0 unspecified atom stereocenters. The number of halogens is 2. The number of carbonyl (C=O) groups is 2. The minimum atomic E-state index is -0.686. The summed E-state index contributed by atoms with van der Waals surface area (Å²) in [7, 11) is 1.46. The molecule has 3 rings (SSSR count). The third-order valence-electron chi connectivity index (χ3n) is 4.19. The lowest BCUT2D eigenvalue weighted by molar-refractivity contribution is 0.0474. The standard InChI is InChI=1S/C23H18BrClO5/c1-28-22-19(25)11-17(12-21(22)29-13-15-5-3-2-4-6-15)23(27)30-14-20(26)16-7-9-18(24)10-8-16/h2-12H,13-14H2,1H3. The number of hydrogen-bond donors (Lipinski definition) is 0. The molecule has 0 fully saturated rings. The molecule has 0 N–H and O–H groups in total. The van der Waals surface area contributed by atoms with Crippen LogP contribution >= 0.6 is 27.5 Å². The lowest BCUT2D eigenvalue weighted by atomic mass is 10.1. The first-order valence-corrected chi connectivity index (χ1v) is 10.1. The summed E-state index contributed by atoms with van der Waals surface area (Å²) in [6, 6.07) is 19.2. The van der Waals surface area contributed by atoms with E-state index in [1.165, 1.54) is 19.2 Å². The van der Waals surface area contributed by atoms with Crippen LogP contribution in [0.5, 0.6) is 11.5 Å². The molecule has 0 heterocycles. The van der Waals surface area contributed by atoms with E-state index in [2.05, 4.69) is 15.9 Å². The summed E-state index contributed by atoms with van der Waals surface area (Å²) in [6.45, 7) is -0.113. The molecule has 7 heteroatoms. The van der Waals surface area contributed by atoms with Crippen molar-refractivity contribution in [1.82, 2.24) is 0 Å². The molecule has 5 nitrogen and oxygen atoms in total. The van der Waals surface area contributed by atoms with E-state index in [0.717, 1.165) is 10.0 Å². The van der Waals surface area contributed by atoms with Gasteiger partial charge >= 0.3 is 5.97 Å². The number of hydrogen-bond acceptors (Lipinski definition) is 5. The van der Waals surface area contributed by atoms with Crippen LogP contribution in [0.25, 0.3) is 0 Å². The zero-order valence-corrected chi connectivity index (χ0v) is 18.4. The maximum Gasteiger partial charge on any atom is 0.338 e. The lowest BCUT2D eigenvalue weighted by Crippen LogP contribution is -2.14. The predicted octanol–water partition coefficient (Wildman–Crippen LogP) is 5.73. The zero-order valence-electron chi connectivity index (χ0n) is 16.1. The van der Waals surface area contributed by atoms with E-state index in [1.807, 2.05) is 30.3 Å². The fourth-order valence-corrected chi connectivity index (χ4v) is 3.21. The monoisotopic (exact) mass is 488 g/mol. The molecule has 0 aliphatic heterocycles. The Morgan fingerprint density at radius 1 is 0.967 bits per heavy atom. The van der Waals surface area contributed by atoms with Crippen LogP contribution in [0.1, 0.15) is 26.3 Å². The van der Waals surface area contributed by atoms with Crippen molar-refractivity contribution in [1.29, 1.82) is 0 Å². The zero-order chi connectivity index (χ0) is 21.5. The van der Waals surface area contributed by atoms with E-state index in [0.29, 0.717) is 17.1 Å². The van der Waals surface area contributed by atoms with Gasteiger partial charge in [-0.1, -0.05) is 70.0 Å². The number of ketones is 1. The van der Waals surface area contributed by atoms with Gasteiger partial charge in [0.1, 0.15) is 6.61 Å². The number of methoxy groups -OCH3 is 1. The third kappa shape index (κ3) is 5.62. The van der Waals surface area contributed by atoms with Crippen LogP contribution in [0, 0.1) is 0 Å². The molecule has 0 radical (unpaired) electrons. The van der Waals surface area contributed by atoms with Gasteiger partial charge in [-0.25, -0.2) is 4.79 Å². The molecule has 0 saturated heterocycles. The average molecular weight is 490 g/mol. The molecule has 0 aliphatic rings. The van der Waals surface area contributed by atoms with Gasteiger partial charge in [-0.2, -0.15) is 0 Å². The SMILES string of the molecule is COc1c(Cl)cc(C(=O)OCC(=O)c2ccc(Br)cc2)cc1OCc1ccccc1. The van der Waals surface area contributed by atoms with Crippen molar-refractivity contribution < 1.29 is 23.8 Å². The van der Waals surface area contributed by atoms with Gasteiger partial charge in [-0.15, -0.1) is 0 Å². The van der Waals surface area contributed by atoms with Crippen molar-refractivity contribution in [2.45, 2.75) is 6.61 Å². The highest BCUT2D eigenvalue weighted by Crippen LogP contribution is 2.37. The van der Waals surface area contributed by atoms with Crippen LogP contribution in [0.2, 0.25) is 5.02 Å². The fraction of sp³-hybridized carbons (Fsp3) is 0.130. The van der Waals surface area contributed by atoms with Crippen LogP contribution in [-0.2, 0) is 11.3 Å². The molecule has 0 atom stereocenters. The molecule has 0 spiro atoms. The van der Waals surface area contributed by atoms with Crippen LogP contribution in [-0.4, -0.2) is 25.5 Å². The van der Waals surface area contributed by atoms with E-state index in [9.17, 15) is 9.59 Å². The summed E-state index contributed by atoms with van der Waals surface area (Å²) < 4.78 is 17.1. The summed E-state index contributed by atoms with van der Waals surface area (Å²) in [5.74, 6) is -0.374. The number of carbonyl (C=O) groups excluding carboxylic acids is 2. The van der Waals surface area contributed by atoms with E-state index in [4.69, 9.17) is 25.8 Å². The van der Waals surface area contributed by atoms with Gasteiger partial charge in [0.2, 0.25) is 0 Å². The molecule has 0 aromatic heterocycles. The van der Waals surface area contributed by atoms with E-state index < -0.39 is 5.97 Å². The third-order valence-corrected chi connectivity index (χ3v) is 5.00. The van der Waals surface area contributed by atoms with E-state index >= 15 is 0 Å². The van der Waals surface area contributed by atoms with Crippen molar-refractivity contribution in [3.63, 3.8) is 0 Å². The van der Waals surface area contributed by atoms with Crippen molar-refractivity contribution in [3.8, 4) is 11.5 Å². The topological polar surface area (TPSA) is 61.8 Å². The Morgan fingerprint density at radius 3 is 2.33 bits per heavy atom. The molecule has 0 amide bonds. The molecule has 30 heavy (non-hydrogen) atoms. The molecular formula is C23H18BrClO5. The summed E-state index contributed by atoms with van der Waals surface area (Å²) in [4.78, 5) is 24.7. The maximum atomic E-state index is 12.5. The molecule has 0 bridgehead atoms. The van der Waals surface area contributed by atoms with Gasteiger partial charge in [0.15, 0.2) is 23.9 Å². The highest BCUT2D eigenvalue weighted by Gasteiger charge is 2.18. The predicted molar refractivity (Wildman–Crippen MR) is 118 cm³/mol.